The Morgan fingerprint density at radius 2 is 2.16 bits per heavy atom. The number of anilines is 1. The van der Waals surface area contributed by atoms with Crippen molar-refractivity contribution in [1.82, 2.24) is 25.2 Å². The Morgan fingerprint density at radius 3 is 2.94 bits per heavy atom. The maximum absolute atomic E-state index is 13.5. The predicted octanol–water partition coefficient (Wildman–Crippen LogP) is 2.84. The lowest BCUT2D eigenvalue weighted by Gasteiger charge is -2.31. The molecular weight excluding hydrogens is 475 g/mol. The monoisotopic (exact) mass is 494 g/mol. The molecule has 0 spiro atoms. The number of piperidine rings is 1. The van der Waals surface area contributed by atoms with Gasteiger partial charge in [0.05, 0.1) is 11.1 Å². The maximum Gasteiger partial charge on any atom is 0.329 e. The minimum atomic E-state index is -0.442. The first-order chi connectivity index (χ1) is 15.0. The Kier molecular flexibility index (Phi) is 6.44. The van der Waals surface area contributed by atoms with Crippen LogP contribution in [0.5, 0.6) is 5.75 Å². The fraction of sp³-hybridized carbons (Fsp3) is 0.421. The Bertz CT molecular complexity index is 1050. The molecule has 0 amide bonds. The average Bonchev–Trinajstić information content (AvgIpc) is 3.41. The quantitative estimate of drug-likeness (QED) is 0.457. The number of esters is 1. The van der Waals surface area contributed by atoms with E-state index in [2.05, 4.69) is 36.3 Å². The van der Waals surface area contributed by atoms with Crippen molar-refractivity contribution in [2.45, 2.75) is 32.4 Å². The van der Waals surface area contributed by atoms with Gasteiger partial charge in [-0.05, 0) is 40.2 Å². The van der Waals surface area contributed by atoms with Crippen LogP contribution in [0.3, 0.4) is 0 Å². The molecule has 0 saturated carbocycles. The van der Waals surface area contributed by atoms with Crippen LogP contribution in [-0.4, -0.2) is 57.0 Å². The van der Waals surface area contributed by atoms with Gasteiger partial charge in [0.2, 0.25) is 5.82 Å². The van der Waals surface area contributed by atoms with Crippen molar-refractivity contribution in [3.8, 4) is 17.3 Å². The van der Waals surface area contributed by atoms with Gasteiger partial charge in [-0.1, -0.05) is 0 Å². The zero-order valence-electron chi connectivity index (χ0n) is 16.7. The Labute approximate surface area is 185 Å². The number of hydrogen-bond donors (Lipinski definition) is 0. The summed E-state index contributed by atoms with van der Waals surface area (Å²) in [6.07, 6.45) is 2.88. The first-order valence-electron chi connectivity index (χ1n) is 9.78. The smallest absolute Gasteiger partial charge is 0.329 e. The first kappa shape index (κ1) is 21.2. The second-order valence-electron chi connectivity index (χ2n) is 6.84. The summed E-state index contributed by atoms with van der Waals surface area (Å²) in [4.78, 5) is 19.1. The molecule has 0 bridgehead atoms. The summed E-state index contributed by atoms with van der Waals surface area (Å²) < 4.78 is 30.6. The number of carbonyl (C=O) groups excluding carboxylic acids is 1. The number of aromatic nitrogens is 5. The lowest BCUT2D eigenvalue weighted by atomic mass is 10.1. The van der Waals surface area contributed by atoms with E-state index in [1.54, 1.807) is 13.0 Å². The lowest BCUT2D eigenvalue weighted by Crippen LogP contribution is -2.38. The molecule has 0 N–H and O–H groups in total. The van der Waals surface area contributed by atoms with E-state index in [-0.39, 0.29) is 30.9 Å². The summed E-state index contributed by atoms with van der Waals surface area (Å²) in [5, 5.41) is 11.9. The lowest BCUT2D eigenvalue weighted by molar-refractivity contribution is -0.144. The summed E-state index contributed by atoms with van der Waals surface area (Å²) in [6.45, 7) is 3.22. The Hall–Kier alpha value is -3.02. The summed E-state index contributed by atoms with van der Waals surface area (Å²) in [5.41, 5.74) is 0.423. The van der Waals surface area contributed by atoms with Crippen LogP contribution in [0, 0.1) is 5.82 Å². The molecule has 1 aromatic carbocycles. The molecule has 0 radical (unpaired) electrons. The topological polar surface area (TPSA) is 108 Å². The van der Waals surface area contributed by atoms with Gasteiger partial charge in [0.25, 0.3) is 6.01 Å². The minimum Gasteiger partial charge on any atom is -0.489 e. The molecule has 1 aliphatic heterocycles. The number of oxazole rings is 1. The standard InChI is InChI=1S/C19H20BrFN6O4/c1-2-29-17(28)10-27-24-18(23-25-27)15-11-30-19(22-15)26-7-5-13(6-8-26)31-16-9-12(21)3-4-14(16)20/h3-4,9,11,13H,2,5-8,10H2,1H3. The number of nitrogens with zero attached hydrogens (tertiary/aromatic N) is 6. The normalized spacial score (nSPS) is 14.6. The second-order valence-corrected chi connectivity index (χ2v) is 7.70. The highest BCUT2D eigenvalue weighted by Crippen LogP contribution is 2.29. The van der Waals surface area contributed by atoms with Crippen LogP contribution in [0.1, 0.15) is 19.8 Å². The van der Waals surface area contributed by atoms with Gasteiger partial charge in [-0.25, -0.2) is 9.18 Å². The summed E-state index contributed by atoms with van der Waals surface area (Å²) in [5.74, 6) is -0.0271. The number of tetrazole rings is 1. The number of ether oxygens (including phenoxy) is 2. The van der Waals surface area contributed by atoms with Crippen LogP contribution in [0.25, 0.3) is 11.5 Å². The van der Waals surface area contributed by atoms with Crippen LogP contribution in [0.15, 0.2) is 33.4 Å². The largest absolute Gasteiger partial charge is 0.489 e. The number of halogens is 2. The third-order valence-corrected chi connectivity index (χ3v) is 5.30. The van der Waals surface area contributed by atoms with Gasteiger partial charge in [0, 0.05) is 32.0 Å². The molecule has 31 heavy (non-hydrogen) atoms. The maximum atomic E-state index is 13.5. The molecule has 0 aliphatic carbocycles. The van der Waals surface area contributed by atoms with E-state index in [0.29, 0.717) is 30.5 Å². The molecule has 12 heteroatoms. The summed E-state index contributed by atoms with van der Waals surface area (Å²) in [6, 6.07) is 4.83. The SMILES string of the molecule is CCOC(=O)Cn1nnc(-c2coc(N3CCC(Oc4cc(F)ccc4Br)CC3)n2)n1. The second kappa shape index (κ2) is 9.41. The molecule has 1 fully saturated rings. The molecular formula is C19H20BrFN6O4. The van der Waals surface area contributed by atoms with Crippen LogP contribution in [0.2, 0.25) is 0 Å². The van der Waals surface area contributed by atoms with Crippen LogP contribution in [0.4, 0.5) is 10.4 Å². The number of benzene rings is 1. The van der Waals surface area contributed by atoms with Gasteiger partial charge in [0.1, 0.15) is 23.9 Å². The molecule has 1 aliphatic rings. The third kappa shape index (κ3) is 5.19. The third-order valence-electron chi connectivity index (χ3n) is 4.65. The van der Waals surface area contributed by atoms with E-state index < -0.39 is 5.97 Å². The molecule has 164 valence electrons. The fourth-order valence-electron chi connectivity index (χ4n) is 3.16. The van der Waals surface area contributed by atoms with Gasteiger partial charge < -0.3 is 18.8 Å². The Morgan fingerprint density at radius 1 is 1.35 bits per heavy atom. The fourth-order valence-corrected chi connectivity index (χ4v) is 3.50. The molecule has 10 nitrogen and oxygen atoms in total. The Balaban J connectivity index is 1.34. The predicted molar refractivity (Wildman–Crippen MR) is 110 cm³/mol. The van der Waals surface area contributed by atoms with Gasteiger partial charge in [-0.2, -0.15) is 9.78 Å². The van der Waals surface area contributed by atoms with Crippen molar-refractivity contribution in [2.75, 3.05) is 24.6 Å². The molecule has 3 aromatic rings. The van der Waals surface area contributed by atoms with E-state index in [9.17, 15) is 9.18 Å². The minimum absolute atomic E-state index is 0.0341. The van der Waals surface area contributed by atoms with Gasteiger partial charge >= 0.3 is 5.97 Å². The summed E-state index contributed by atoms with van der Waals surface area (Å²) >= 11 is 3.38. The number of hydrogen-bond acceptors (Lipinski definition) is 9. The molecule has 4 rings (SSSR count). The van der Waals surface area contributed by atoms with Crippen molar-refractivity contribution in [3.05, 3.63) is 34.8 Å². The van der Waals surface area contributed by atoms with E-state index in [1.165, 1.54) is 18.4 Å². The van der Waals surface area contributed by atoms with Gasteiger partial charge in [-0.15, -0.1) is 10.2 Å². The van der Waals surface area contributed by atoms with E-state index >= 15 is 0 Å². The van der Waals surface area contributed by atoms with Crippen molar-refractivity contribution in [2.24, 2.45) is 0 Å². The van der Waals surface area contributed by atoms with E-state index in [4.69, 9.17) is 13.9 Å². The van der Waals surface area contributed by atoms with Crippen molar-refractivity contribution >= 4 is 27.9 Å². The van der Waals surface area contributed by atoms with Crippen LogP contribution < -0.4 is 9.64 Å². The highest BCUT2D eigenvalue weighted by molar-refractivity contribution is 9.10. The molecule has 0 atom stereocenters. The summed E-state index contributed by atoms with van der Waals surface area (Å²) in [7, 11) is 0. The molecule has 1 saturated heterocycles. The molecule has 3 heterocycles. The average molecular weight is 495 g/mol. The van der Waals surface area contributed by atoms with Gasteiger partial charge in [-0.3, -0.25) is 0 Å². The zero-order valence-corrected chi connectivity index (χ0v) is 18.3. The highest BCUT2D eigenvalue weighted by Gasteiger charge is 2.25. The first-order valence-corrected chi connectivity index (χ1v) is 10.6. The van der Waals surface area contributed by atoms with Crippen LogP contribution in [-0.2, 0) is 16.1 Å². The van der Waals surface area contributed by atoms with Gasteiger partial charge in [0.15, 0.2) is 12.2 Å². The molecule has 2 aromatic heterocycles. The van der Waals surface area contributed by atoms with E-state index in [1.807, 2.05) is 4.90 Å². The zero-order chi connectivity index (χ0) is 21.8. The highest BCUT2D eigenvalue weighted by atomic mass is 79.9. The van der Waals surface area contributed by atoms with E-state index in [0.717, 1.165) is 22.1 Å². The van der Waals surface area contributed by atoms with Crippen LogP contribution >= 0.6 is 15.9 Å². The van der Waals surface area contributed by atoms with Crippen molar-refractivity contribution in [1.29, 1.82) is 0 Å². The van der Waals surface area contributed by atoms with Crippen molar-refractivity contribution < 1.29 is 23.1 Å². The number of carbonyl (C=O) groups is 1. The molecule has 0 unspecified atom stereocenters. The van der Waals surface area contributed by atoms with Crippen molar-refractivity contribution in [3.63, 3.8) is 0 Å². The number of rotatable bonds is 7.